The Balaban J connectivity index is 1.60. The van der Waals surface area contributed by atoms with Gasteiger partial charge in [-0.2, -0.15) is 5.10 Å². The minimum atomic E-state index is -0.598. The highest BCUT2D eigenvalue weighted by Gasteiger charge is 2.15. The van der Waals surface area contributed by atoms with Gasteiger partial charge in [0.2, 0.25) is 0 Å². The van der Waals surface area contributed by atoms with E-state index in [1.807, 2.05) is 6.92 Å². The Hall–Kier alpha value is -4.24. The van der Waals surface area contributed by atoms with Crippen molar-refractivity contribution in [2.24, 2.45) is 5.10 Å². The molecule has 0 aliphatic rings. The molecule has 3 aromatic rings. The minimum Gasteiger partial charge on any atom is -0.493 e. The zero-order valence-electron chi connectivity index (χ0n) is 20.2. The van der Waals surface area contributed by atoms with Crippen molar-refractivity contribution in [3.05, 3.63) is 76.3 Å². The molecule has 10 heteroatoms. The number of hydrogen-bond donors (Lipinski definition) is 1. The first-order valence-electron chi connectivity index (χ1n) is 10.7. The van der Waals surface area contributed by atoms with E-state index in [-0.39, 0.29) is 17.9 Å². The number of hydrazone groups is 1. The second-order valence-electron chi connectivity index (χ2n) is 7.36. The third-order valence-corrected chi connectivity index (χ3v) is 5.14. The van der Waals surface area contributed by atoms with Crippen LogP contribution in [0.4, 0.5) is 0 Å². The molecule has 0 bridgehead atoms. The molecule has 0 aliphatic carbocycles. The summed E-state index contributed by atoms with van der Waals surface area (Å²) in [4.78, 5) is 24.6. The van der Waals surface area contributed by atoms with Gasteiger partial charge in [0, 0.05) is 5.02 Å². The number of carbonyl (C=O) groups is 2. The Morgan fingerprint density at radius 3 is 2.22 bits per heavy atom. The summed E-state index contributed by atoms with van der Waals surface area (Å²) < 4.78 is 26.7. The Morgan fingerprint density at radius 1 is 0.861 bits per heavy atom. The van der Waals surface area contributed by atoms with Gasteiger partial charge >= 0.3 is 5.97 Å². The van der Waals surface area contributed by atoms with Gasteiger partial charge in [0.25, 0.3) is 5.91 Å². The summed E-state index contributed by atoms with van der Waals surface area (Å²) in [7, 11) is 4.43. The average Bonchev–Trinajstić information content (AvgIpc) is 2.88. The zero-order chi connectivity index (χ0) is 26.1. The minimum absolute atomic E-state index is 0.213. The number of esters is 1. The van der Waals surface area contributed by atoms with Gasteiger partial charge in [0.1, 0.15) is 5.75 Å². The van der Waals surface area contributed by atoms with E-state index in [0.29, 0.717) is 33.6 Å². The van der Waals surface area contributed by atoms with E-state index < -0.39 is 11.9 Å². The second-order valence-corrected chi connectivity index (χ2v) is 7.80. The summed E-state index contributed by atoms with van der Waals surface area (Å²) in [6.07, 6.45) is 1.42. The van der Waals surface area contributed by atoms with Crippen molar-refractivity contribution in [3.63, 3.8) is 0 Å². The average molecular weight is 513 g/mol. The number of amides is 1. The van der Waals surface area contributed by atoms with E-state index in [0.717, 1.165) is 5.56 Å². The maximum atomic E-state index is 12.6. The fourth-order valence-electron chi connectivity index (χ4n) is 3.10. The molecule has 1 N–H and O–H groups in total. The molecule has 0 atom stereocenters. The number of ether oxygens (including phenoxy) is 5. The third-order valence-electron chi connectivity index (χ3n) is 4.91. The first-order valence-corrected chi connectivity index (χ1v) is 11.1. The van der Waals surface area contributed by atoms with E-state index >= 15 is 0 Å². The molecule has 1 amide bonds. The number of nitrogens with zero attached hydrogens (tertiary/aromatic N) is 1. The number of carbonyl (C=O) groups excluding carboxylic acids is 2. The van der Waals surface area contributed by atoms with Crippen LogP contribution < -0.4 is 29.1 Å². The van der Waals surface area contributed by atoms with Gasteiger partial charge in [0.15, 0.2) is 29.6 Å². The summed E-state index contributed by atoms with van der Waals surface area (Å²) in [5.74, 6) is 0.939. The molecular formula is C26H25ClN2O7. The van der Waals surface area contributed by atoms with Gasteiger partial charge in [0.05, 0.1) is 33.1 Å². The molecule has 0 spiro atoms. The predicted molar refractivity (Wildman–Crippen MR) is 135 cm³/mol. The third kappa shape index (κ3) is 6.89. The van der Waals surface area contributed by atoms with Gasteiger partial charge in [-0.3, -0.25) is 4.79 Å². The van der Waals surface area contributed by atoms with Gasteiger partial charge in [-0.15, -0.1) is 0 Å². The molecule has 36 heavy (non-hydrogen) atoms. The number of halogens is 1. The molecule has 0 aliphatic heterocycles. The lowest BCUT2D eigenvalue weighted by Gasteiger charge is -2.12. The highest BCUT2D eigenvalue weighted by Crippen LogP contribution is 2.31. The lowest BCUT2D eigenvalue weighted by Crippen LogP contribution is -2.24. The van der Waals surface area contributed by atoms with E-state index in [2.05, 4.69) is 10.5 Å². The number of aryl methyl sites for hydroxylation is 1. The first-order chi connectivity index (χ1) is 17.3. The lowest BCUT2D eigenvalue weighted by molar-refractivity contribution is -0.123. The Kier molecular flexibility index (Phi) is 9.13. The molecule has 0 unspecified atom stereocenters. The van der Waals surface area contributed by atoms with Gasteiger partial charge in [-0.1, -0.05) is 11.6 Å². The van der Waals surface area contributed by atoms with Gasteiger partial charge in [-0.05, 0) is 72.6 Å². The molecule has 0 aromatic heterocycles. The number of methoxy groups -OCH3 is 3. The molecule has 0 fully saturated rings. The maximum Gasteiger partial charge on any atom is 0.343 e. The van der Waals surface area contributed by atoms with Crippen molar-refractivity contribution in [3.8, 4) is 28.7 Å². The maximum absolute atomic E-state index is 12.6. The molecule has 188 valence electrons. The van der Waals surface area contributed by atoms with Gasteiger partial charge in [-0.25, -0.2) is 10.2 Å². The number of nitrogens with one attached hydrogen (secondary N) is 1. The largest absolute Gasteiger partial charge is 0.493 e. The summed E-state index contributed by atoms with van der Waals surface area (Å²) >= 11 is 5.92. The van der Waals surface area contributed by atoms with Crippen molar-refractivity contribution in [1.82, 2.24) is 5.43 Å². The lowest BCUT2D eigenvalue weighted by atomic mass is 10.2. The number of hydrogen-bond acceptors (Lipinski definition) is 8. The van der Waals surface area contributed by atoms with Crippen LogP contribution in [0.25, 0.3) is 0 Å². The molecule has 9 nitrogen and oxygen atoms in total. The smallest absolute Gasteiger partial charge is 0.343 e. The van der Waals surface area contributed by atoms with Crippen LogP contribution in [0.15, 0.2) is 59.7 Å². The molecule has 0 saturated carbocycles. The molecule has 0 heterocycles. The molecular weight excluding hydrogens is 488 g/mol. The van der Waals surface area contributed by atoms with Crippen LogP contribution in [0.3, 0.4) is 0 Å². The van der Waals surface area contributed by atoms with Crippen LogP contribution in [0.5, 0.6) is 28.7 Å². The van der Waals surface area contributed by atoms with Crippen LogP contribution in [-0.4, -0.2) is 46.0 Å². The predicted octanol–water partition coefficient (Wildman–Crippen LogP) is 4.42. The summed E-state index contributed by atoms with van der Waals surface area (Å²) in [5, 5.41) is 4.51. The Labute approximate surface area is 213 Å². The fraction of sp³-hybridized carbons (Fsp3) is 0.192. The van der Waals surface area contributed by atoms with Crippen molar-refractivity contribution >= 4 is 29.7 Å². The monoisotopic (exact) mass is 512 g/mol. The fourth-order valence-corrected chi connectivity index (χ4v) is 3.33. The standard InChI is InChI=1S/C26H25ClN2O7/c1-16-11-19(27)7-10-20(16)35-15-25(30)29-28-14-17-5-8-22(23(12-17)33-3)36-26(31)18-6-9-21(32-2)24(13-18)34-4/h5-14H,15H2,1-4H3,(H,29,30)/b28-14+. The number of benzene rings is 3. The zero-order valence-corrected chi connectivity index (χ0v) is 20.9. The van der Waals surface area contributed by atoms with E-state index in [4.69, 9.17) is 35.3 Å². The molecule has 3 aromatic carbocycles. The summed E-state index contributed by atoms with van der Waals surface area (Å²) in [5.41, 5.74) is 4.09. The molecule has 0 radical (unpaired) electrons. The quantitative estimate of drug-likeness (QED) is 0.185. The van der Waals surface area contributed by atoms with Gasteiger partial charge < -0.3 is 23.7 Å². The van der Waals surface area contributed by atoms with E-state index in [9.17, 15) is 9.59 Å². The highest BCUT2D eigenvalue weighted by molar-refractivity contribution is 6.30. The van der Waals surface area contributed by atoms with Crippen LogP contribution in [0, 0.1) is 6.92 Å². The normalized spacial score (nSPS) is 10.6. The van der Waals surface area contributed by atoms with Crippen molar-refractivity contribution in [2.45, 2.75) is 6.92 Å². The molecule has 3 rings (SSSR count). The van der Waals surface area contributed by atoms with Crippen LogP contribution in [-0.2, 0) is 4.79 Å². The van der Waals surface area contributed by atoms with Crippen molar-refractivity contribution in [1.29, 1.82) is 0 Å². The van der Waals surface area contributed by atoms with Crippen molar-refractivity contribution in [2.75, 3.05) is 27.9 Å². The second kappa shape index (κ2) is 12.5. The van der Waals surface area contributed by atoms with E-state index in [1.54, 1.807) is 48.5 Å². The topological polar surface area (TPSA) is 105 Å². The SMILES string of the molecule is COc1ccc(C(=O)Oc2ccc(/C=N/NC(=O)COc3ccc(Cl)cc3C)cc2OC)cc1OC. The summed E-state index contributed by atoms with van der Waals surface area (Å²) in [6.45, 7) is 1.62. The van der Waals surface area contributed by atoms with Crippen molar-refractivity contribution < 1.29 is 33.3 Å². The highest BCUT2D eigenvalue weighted by atomic mass is 35.5. The van der Waals surface area contributed by atoms with E-state index in [1.165, 1.54) is 33.6 Å². The van der Waals surface area contributed by atoms with Crippen LogP contribution in [0.1, 0.15) is 21.5 Å². The number of rotatable bonds is 10. The molecule has 0 saturated heterocycles. The Morgan fingerprint density at radius 2 is 1.53 bits per heavy atom. The first kappa shape index (κ1) is 26.4. The summed E-state index contributed by atoms with van der Waals surface area (Å²) in [6, 6.07) is 14.7. The Bertz CT molecular complexity index is 1280. The van der Waals surface area contributed by atoms with Crippen LogP contribution in [0.2, 0.25) is 5.02 Å². The van der Waals surface area contributed by atoms with Crippen LogP contribution >= 0.6 is 11.6 Å².